The average molecular weight is 274 g/mol. The summed E-state index contributed by atoms with van der Waals surface area (Å²) in [6.07, 6.45) is 0.903. The van der Waals surface area contributed by atoms with Crippen LogP contribution in [-0.4, -0.2) is 18.3 Å². The van der Waals surface area contributed by atoms with Gasteiger partial charge in [0, 0.05) is 12.7 Å². The van der Waals surface area contributed by atoms with Crippen LogP contribution in [0.25, 0.3) is 0 Å². The van der Waals surface area contributed by atoms with Gasteiger partial charge >= 0.3 is 0 Å². The summed E-state index contributed by atoms with van der Waals surface area (Å²) in [6.45, 7) is 6.17. The third kappa shape index (κ3) is 2.84. The molecule has 0 aliphatic rings. The highest BCUT2D eigenvalue weighted by Crippen LogP contribution is 2.32. The zero-order chi connectivity index (χ0) is 14.0. The molecule has 19 heavy (non-hydrogen) atoms. The van der Waals surface area contributed by atoms with Crippen molar-refractivity contribution in [1.29, 1.82) is 0 Å². The predicted molar refractivity (Wildman–Crippen MR) is 80.8 cm³/mol. The highest BCUT2D eigenvalue weighted by Gasteiger charge is 2.16. The molecule has 2 rings (SSSR count). The second-order valence-corrected chi connectivity index (χ2v) is 5.93. The van der Waals surface area contributed by atoms with E-state index in [-0.39, 0.29) is 5.92 Å². The Bertz CT molecular complexity index is 590. The molecule has 100 valence electrons. The van der Waals surface area contributed by atoms with Gasteiger partial charge in [-0.1, -0.05) is 37.3 Å². The summed E-state index contributed by atoms with van der Waals surface area (Å²) in [4.78, 5) is 18.5. The molecule has 4 heteroatoms. The van der Waals surface area contributed by atoms with Crippen LogP contribution in [0.2, 0.25) is 0 Å². The molecule has 0 spiro atoms. The SMILES string of the molecule is Cc1cccc(N(C)c2nc(C(C)C)c(C=O)s2)c1. The van der Waals surface area contributed by atoms with E-state index in [0.717, 1.165) is 27.7 Å². The predicted octanol–water partition coefficient (Wildman–Crippen LogP) is 4.16. The van der Waals surface area contributed by atoms with E-state index in [1.54, 1.807) is 0 Å². The molecule has 0 aliphatic heterocycles. The van der Waals surface area contributed by atoms with Crippen molar-refractivity contribution in [2.45, 2.75) is 26.7 Å². The lowest BCUT2D eigenvalue weighted by Gasteiger charge is -2.16. The summed E-state index contributed by atoms with van der Waals surface area (Å²) in [6, 6.07) is 8.25. The molecule has 3 nitrogen and oxygen atoms in total. The average Bonchev–Trinajstić information content (AvgIpc) is 2.82. The normalized spacial score (nSPS) is 10.8. The number of carbonyl (C=O) groups excluding carboxylic acids is 1. The Morgan fingerprint density at radius 1 is 1.37 bits per heavy atom. The fourth-order valence-corrected chi connectivity index (χ4v) is 2.94. The van der Waals surface area contributed by atoms with Gasteiger partial charge in [0.05, 0.1) is 10.6 Å². The number of hydrogen-bond acceptors (Lipinski definition) is 4. The van der Waals surface area contributed by atoms with E-state index in [1.165, 1.54) is 16.9 Å². The first kappa shape index (κ1) is 13.7. The van der Waals surface area contributed by atoms with Crippen molar-refractivity contribution in [2.24, 2.45) is 0 Å². The maximum absolute atomic E-state index is 11.1. The van der Waals surface area contributed by atoms with Gasteiger partial charge in [-0.2, -0.15) is 0 Å². The Hall–Kier alpha value is -1.68. The van der Waals surface area contributed by atoms with E-state index in [0.29, 0.717) is 0 Å². The first-order chi connectivity index (χ1) is 9.02. The number of thiazole rings is 1. The minimum absolute atomic E-state index is 0.260. The molecular formula is C15H18N2OS. The molecule has 0 saturated heterocycles. The van der Waals surface area contributed by atoms with E-state index >= 15 is 0 Å². The van der Waals surface area contributed by atoms with Crippen LogP contribution in [0.15, 0.2) is 24.3 Å². The number of aromatic nitrogens is 1. The highest BCUT2D eigenvalue weighted by atomic mass is 32.1. The van der Waals surface area contributed by atoms with Crippen molar-refractivity contribution >= 4 is 28.4 Å². The Balaban J connectivity index is 2.39. The van der Waals surface area contributed by atoms with Crippen molar-refractivity contribution < 1.29 is 4.79 Å². The Morgan fingerprint density at radius 3 is 2.63 bits per heavy atom. The molecule has 0 bridgehead atoms. The van der Waals surface area contributed by atoms with Crippen LogP contribution in [0, 0.1) is 6.92 Å². The third-order valence-electron chi connectivity index (χ3n) is 3.00. The van der Waals surface area contributed by atoms with Crippen molar-refractivity contribution in [2.75, 3.05) is 11.9 Å². The molecule has 0 N–H and O–H groups in total. The van der Waals surface area contributed by atoms with Gasteiger partial charge in [-0.25, -0.2) is 4.98 Å². The minimum atomic E-state index is 0.260. The number of nitrogens with zero attached hydrogens (tertiary/aromatic N) is 2. The first-order valence-corrected chi connectivity index (χ1v) is 7.11. The number of carbonyl (C=O) groups is 1. The van der Waals surface area contributed by atoms with E-state index < -0.39 is 0 Å². The van der Waals surface area contributed by atoms with Crippen LogP contribution < -0.4 is 4.90 Å². The van der Waals surface area contributed by atoms with Crippen molar-refractivity contribution in [3.05, 3.63) is 40.4 Å². The van der Waals surface area contributed by atoms with Gasteiger partial charge < -0.3 is 4.90 Å². The molecule has 1 aromatic carbocycles. The molecule has 0 saturated carbocycles. The summed E-state index contributed by atoms with van der Waals surface area (Å²) in [5.41, 5.74) is 3.18. The van der Waals surface area contributed by atoms with Gasteiger partial charge in [0.2, 0.25) is 0 Å². The second-order valence-electron chi connectivity index (χ2n) is 4.92. The molecule has 0 fully saturated rings. The van der Waals surface area contributed by atoms with Crippen LogP contribution in [0.3, 0.4) is 0 Å². The summed E-state index contributed by atoms with van der Waals surface area (Å²) >= 11 is 1.44. The molecule has 0 amide bonds. The number of aryl methyl sites for hydroxylation is 1. The number of aldehydes is 1. The molecule has 2 aromatic rings. The van der Waals surface area contributed by atoms with Gasteiger partial charge in [-0.15, -0.1) is 0 Å². The van der Waals surface area contributed by atoms with Crippen molar-refractivity contribution in [3.63, 3.8) is 0 Å². The van der Waals surface area contributed by atoms with Gasteiger partial charge in [0.1, 0.15) is 0 Å². The second kappa shape index (κ2) is 5.53. The molecule has 1 heterocycles. The molecule has 0 radical (unpaired) electrons. The summed E-state index contributed by atoms with van der Waals surface area (Å²) in [5, 5.41) is 0.858. The van der Waals surface area contributed by atoms with Crippen LogP contribution in [0.5, 0.6) is 0 Å². The number of hydrogen-bond donors (Lipinski definition) is 0. The van der Waals surface area contributed by atoms with Gasteiger partial charge in [-0.3, -0.25) is 4.79 Å². The maximum Gasteiger partial charge on any atom is 0.190 e. The smallest absolute Gasteiger partial charge is 0.190 e. The van der Waals surface area contributed by atoms with Crippen LogP contribution in [0.4, 0.5) is 10.8 Å². The zero-order valence-corrected chi connectivity index (χ0v) is 12.5. The highest BCUT2D eigenvalue weighted by molar-refractivity contribution is 7.17. The number of rotatable bonds is 4. The van der Waals surface area contributed by atoms with E-state index in [4.69, 9.17) is 0 Å². The maximum atomic E-state index is 11.1. The fraction of sp³-hybridized carbons (Fsp3) is 0.333. The fourth-order valence-electron chi connectivity index (χ4n) is 1.92. The Morgan fingerprint density at radius 2 is 2.11 bits per heavy atom. The van der Waals surface area contributed by atoms with E-state index in [2.05, 4.69) is 37.9 Å². The quantitative estimate of drug-likeness (QED) is 0.785. The number of anilines is 2. The molecule has 0 aliphatic carbocycles. The Labute approximate surface area is 117 Å². The monoisotopic (exact) mass is 274 g/mol. The third-order valence-corrected chi connectivity index (χ3v) is 4.07. The first-order valence-electron chi connectivity index (χ1n) is 6.29. The summed E-state index contributed by atoms with van der Waals surface area (Å²) < 4.78 is 0. The lowest BCUT2D eigenvalue weighted by molar-refractivity contribution is 0.112. The standard InChI is InChI=1S/C15H18N2OS/c1-10(2)14-13(9-18)19-15(16-14)17(4)12-7-5-6-11(3)8-12/h5-10H,1-4H3. The summed E-state index contributed by atoms with van der Waals surface area (Å²) in [5.74, 6) is 0.260. The Kier molecular flexibility index (Phi) is 4.00. The van der Waals surface area contributed by atoms with Gasteiger partial charge in [-0.05, 0) is 30.5 Å². The zero-order valence-electron chi connectivity index (χ0n) is 11.7. The lowest BCUT2D eigenvalue weighted by atomic mass is 10.1. The number of benzene rings is 1. The molecule has 0 atom stereocenters. The topological polar surface area (TPSA) is 33.2 Å². The molecule has 1 aromatic heterocycles. The lowest BCUT2D eigenvalue weighted by Crippen LogP contribution is -2.09. The van der Waals surface area contributed by atoms with E-state index in [1.807, 2.05) is 24.1 Å². The van der Waals surface area contributed by atoms with Crippen LogP contribution >= 0.6 is 11.3 Å². The molecular weight excluding hydrogens is 256 g/mol. The van der Waals surface area contributed by atoms with E-state index in [9.17, 15) is 4.79 Å². The summed E-state index contributed by atoms with van der Waals surface area (Å²) in [7, 11) is 1.98. The van der Waals surface area contributed by atoms with Gasteiger partial charge in [0.25, 0.3) is 0 Å². The van der Waals surface area contributed by atoms with Crippen molar-refractivity contribution in [3.8, 4) is 0 Å². The van der Waals surface area contributed by atoms with Crippen molar-refractivity contribution in [1.82, 2.24) is 4.98 Å². The van der Waals surface area contributed by atoms with Crippen LogP contribution in [-0.2, 0) is 0 Å². The largest absolute Gasteiger partial charge is 0.321 e. The molecule has 0 unspecified atom stereocenters. The van der Waals surface area contributed by atoms with Gasteiger partial charge in [0.15, 0.2) is 11.4 Å². The minimum Gasteiger partial charge on any atom is -0.321 e. The van der Waals surface area contributed by atoms with Crippen LogP contribution in [0.1, 0.15) is 40.7 Å².